The van der Waals surface area contributed by atoms with Gasteiger partial charge in [0.05, 0.1) is 18.1 Å². The Morgan fingerprint density at radius 3 is 2.94 bits per heavy atom. The van der Waals surface area contributed by atoms with Crippen LogP contribution in [0.2, 0.25) is 0 Å². The number of hydrogen-bond acceptors (Lipinski definition) is 4. The van der Waals surface area contributed by atoms with Crippen LogP contribution < -0.4 is 4.74 Å². The van der Waals surface area contributed by atoms with E-state index in [4.69, 9.17) is 10.3 Å². The maximum atomic E-state index is 10.8. The summed E-state index contributed by atoms with van der Waals surface area (Å²) in [6, 6.07) is 4.83. The Bertz CT molecular complexity index is 455. The molecule has 0 aromatic heterocycles. The first-order valence-corrected chi connectivity index (χ1v) is 5.10. The molecule has 0 radical (unpaired) electrons. The standard InChI is InChI=1S/C10H12N4O3/c1-2-8-3-4-10(9(7-8)14(15)16)17-6-5-12-13-11/h3-4,7H,2,5-6H2,1H3. The molecular formula is C10H12N4O3. The van der Waals surface area contributed by atoms with Crippen molar-refractivity contribution in [2.24, 2.45) is 5.11 Å². The van der Waals surface area contributed by atoms with Crippen LogP contribution in [0.25, 0.3) is 10.4 Å². The van der Waals surface area contributed by atoms with Gasteiger partial charge in [0.15, 0.2) is 5.75 Å². The molecule has 1 aromatic carbocycles. The Labute approximate surface area is 97.8 Å². The molecule has 0 saturated heterocycles. The molecule has 0 spiro atoms. The van der Waals surface area contributed by atoms with E-state index in [0.29, 0.717) is 0 Å². The second-order valence-corrected chi connectivity index (χ2v) is 3.22. The zero-order valence-corrected chi connectivity index (χ0v) is 9.37. The quantitative estimate of drug-likeness (QED) is 0.189. The average molecular weight is 236 g/mol. The van der Waals surface area contributed by atoms with Crippen molar-refractivity contribution in [1.82, 2.24) is 0 Å². The van der Waals surface area contributed by atoms with Gasteiger partial charge in [-0.3, -0.25) is 10.1 Å². The van der Waals surface area contributed by atoms with Gasteiger partial charge in [-0.1, -0.05) is 18.1 Å². The van der Waals surface area contributed by atoms with Gasteiger partial charge in [-0.05, 0) is 23.6 Å². The fourth-order valence-electron chi connectivity index (χ4n) is 1.29. The number of benzene rings is 1. The summed E-state index contributed by atoms with van der Waals surface area (Å²) in [6.45, 7) is 2.18. The number of hydrogen-bond donors (Lipinski definition) is 0. The van der Waals surface area contributed by atoms with E-state index in [9.17, 15) is 10.1 Å². The van der Waals surface area contributed by atoms with Crippen LogP contribution in [-0.4, -0.2) is 18.1 Å². The molecule has 0 heterocycles. The van der Waals surface area contributed by atoms with Crippen LogP contribution in [0.5, 0.6) is 5.75 Å². The van der Waals surface area contributed by atoms with E-state index >= 15 is 0 Å². The lowest BCUT2D eigenvalue weighted by atomic mass is 10.1. The summed E-state index contributed by atoms with van der Waals surface area (Å²) in [6.07, 6.45) is 0.722. The van der Waals surface area contributed by atoms with Crippen molar-refractivity contribution < 1.29 is 9.66 Å². The van der Waals surface area contributed by atoms with Crippen LogP contribution in [0.4, 0.5) is 5.69 Å². The second-order valence-electron chi connectivity index (χ2n) is 3.22. The van der Waals surface area contributed by atoms with Gasteiger partial charge in [-0.2, -0.15) is 0 Å². The van der Waals surface area contributed by atoms with E-state index in [1.807, 2.05) is 6.92 Å². The van der Waals surface area contributed by atoms with Crippen LogP contribution in [0.15, 0.2) is 23.3 Å². The highest BCUT2D eigenvalue weighted by atomic mass is 16.6. The molecule has 0 bridgehead atoms. The molecular weight excluding hydrogens is 224 g/mol. The molecule has 0 saturated carbocycles. The monoisotopic (exact) mass is 236 g/mol. The fourth-order valence-corrected chi connectivity index (χ4v) is 1.29. The molecule has 0 N–H and O–H groups in total. The predicted octanol–water partition coefficient (Wildman–Crippen LogP) is 2.85. The van der Waals surface area contributed by atoms with Crippen LogP contribution in [0.1, 0.15) is 12.5 Å². The Hall–Kier alpha value is -2.27. The Morgan fingerprint density at radius 2 is 2.35 bits per heavy atom. The Kier molecular flexibility index (Phi) is 4.77. The number of rotatable bonds is 6. The number of nitrogens with zero attached hydrogens (tertiary/aromatic N) is 4. The number of nitro benzene ring substituents is 1. The molecule has 90 valence electrons. The van der Waals surface area contributed by atoms with Crippen LogP contribution in [0, 0.1) is 10.1 Å². The van der Waals surface area contributed by atoms with Gasteiger partial charge in [0.1, 0.15) is 0 Å². The molecule has 0 aliphatic heterocycles. The largest absolute Gasteiger partial charge is 0.487 e. The zero-order chi connectivity index (χ0) is 12.7. The van der Waals surface area contributed by atoms with Crippen LogP contribution in [0.3, 0.4) is 0 Å². The van der Waals surface area contributed by atoms with E-state index < -0.39 is 4.92 Å². The van der Waals surface area contributed by atoms with Crippen molar-refractivity contribution in [3.8, 4) is 5.75 Å². The van der Waals surface area contributed by atoms with E-state index in [2.05, 4.69) is 10.0 Å². The Morgan fingerprint density at radius 1 is 1.59 bits per heavy atom. The minimum Gasteiger partial charge on any atom is -0.487 e. The smallest absolute Gasteiger partial charge is 0.311 e. The highest BCUT2D eigenvalue weighted by molar-refractivity contribution is 5.48. The first-order chi connectivity index (χ1) is 8.19. The molecule has 17 heavy (non-hydrogen) atoms. The summed E-state index contributed by atoms with van der Waals surface area (Å²) in [5, 5.41) is 14.1. The van der Waals surface area contributed by atoms with Gasteiger partial charge in [0, 0.05) is 11.0 Å². The highest BCUT2D eigenvalue weighted by Crippen LogP contribution is 2.28. The second kappa shape index (κ2) is 6.34. The van der Waals surface area contributed by atoms with E-state index in [0.717, 1.165) is 12.0 Å². The van der Waals surface area contributed by atoms with E-state index in [1.165, 1.54) is 6.07 Å². The fraction of sp³-hybridized carbons (Fsp3) is 0.400. The maximum Gasteiger partial charge on any atom is 0.311 e. The predicted molar refractivity (Wildman–Crippen MR) is 62.0 cm³/mol. The van der Waals surface area contributed by atoms with Crippen LogP contribution >= 0.6 is 0 Å². The summed E-state index contributed by atoms with van der Waals surface area (Å²) in [5.41, 5.74) is 8.88. The summed E-state index contributed by atoms with van der Waals surface area (Å²) in [7, 11) is 0. The highest BCUT2D eigenvalue weighted by Gasteiger charge is 2.15. The first-order valence-electron chi connectivity index (χ1n) is 5.10. The third-order valence-corrected chi connectivity index (χ3v) is 2.14. The molecule has 0 unspecified atom stereocenters. The normalized spacial score (nSPS) is 9.47. The summed E-state index contributed by atoms with van der Waals surface area (Å²) in [4.78, 5) is 12.9. The number of aryl methyl sites for hydroxylation is 1. The van der Waals surface area contributed by atoms with Gasteiger partial charge in [-0.25, -0.2) is 0 Å². The SMILES string of the molecule is CCc1ccc(OCCN=[N+]=[N-])c([N+](=O)[O-])c1. The summed E-state index contributed by atoms with van der Waals surface area (Å²) in [5.74, 6) is 0.195. The molecule has 0 amide bonds. The van der Waals surface area contributed by atoms with Gasteiger partial charge in [0.2, 0.25) is 0 Å². The van der Waals surface area contributed by atoms with Crippen molar-refractivity contribution in [2.45, 2.75) is 13.3 Å². The van der Waals surface area contributed by atoms with Crippen molar-refractivity contribution in [3.63, 3.8) is 0 Å². The van der Waals surface area contributed by atoms with E-state index in [1.54, 1.807) is 12.1 Å². The molecule has 1 rings (SSSR count). The lowest BCUT2D eigenvalue weighted by molar-refractivity contribution is -0.385. The summed E-state index contributed by atoms with van der Waals surface area (Å²) < 4.78 is 5.19. The lowest BCUT2D eigenvalue weighted by Gasteiger charge is -2.06. The van der Waals surface area contributed by atoms with Gasteiger partial charge in [0.25, 0.3) is 0 Å². The summed E-state index contributed by atoms with van der Waals surface area (Å²) >= 11 is 0. The van der Waals surface area contributed by atoms with E-state index in [-0.39, 0.29) is 24.6 Å². The topological polar surface area (TPSA) is 101 Å². The van der Waals surface area contributed by atoms with Crippen molar-refractivity contribution >= 4 is 5.69 Å². The third-order valence-electron chi connectivity index (χ3n) is 2.14. The molecule has 1 aromatic rings. The third kappa shape index (κ3) is 3.66. The zero-order valence-electron chi connectivity index (χ0n) is 9.37. The van der Waals surface area contributed by atoms with Crippen molar-refractivity contribution in [2.75, 3.05) is 13.2 Å². The first kappa shape index (κ1) is 12.8. The molecule has 7 heteroatoms. The van der Waals surface area contributed by atoms with Gasteiger partial charge < -0.3 is 4.74 Å². The number of azide groups is 1. The molecule has 0 fully saturated rings. The molecule has 0 atom stereocenters. The molecule has 7 nitrogen and oxygen atoms in total. The minimum absolute atomic E-state index is 0.0645. The van der Waals surface area contributed by atoms with Crippen LogP contribution in [-0.2, 0) is 6.42 Å². The maximum absolute atomic E-state index is 10.8. The lowest BCUT2D eigenvalue weighted by Crippen LogP contribution is -2.03. The van der Waals surface area contributed by atoms with Crippen molar-refractivity contribution in [3.05, 3.63) is 44.3 Å². The molecule has 0 aliphatic carbocycles. The van der Waals surface area contributed by atoms with Gasteiger partial charge >= 0.3 is 5.69 Å². The Balaban J connectivity index is 2.83. The van der Waals surface area contributed by atoms with Crippen molar-refractivity contribution in [1.29, 1.82) is 0 Å². The molecule has 0 aliphatic rings. The average Bonchev–Trinajstić information content (AvgIpc) is 2.34. The number of nitro groups is 1. The van der Waals surface area contributed by atoms with Gasteiger partial charge in [-0.15, -0.1) is 0 Å². The number of ether oxygens (including phenoxy) is 1. The minimum atomic E-state index is -0.484.